The lowest BCUT2D eigenvalue weighted by atomic mass is 9.96. The van der Waals surface area contributed by atoms with Gasteiger partial charge < -0.3 is 5.32 Å². The predicted molar refractivity (Wildman–Crippen MR) is 78.2 cm³/mol. The minimum Gasteiger partial charge on any atom is -0.319 e. The molecule has 1 N–H and O–H groups in total. The van der Waals surface area contributed by atoms with E-state index in [0.29, 0.717) is 6.04 Å². The summed E-state index contributed by atoms with van der Waals surface area (Å²) in [5.74, 6) is 0.806. The van der Waals surface area contributed by atoms with Gasteiger partial charge in [-0.15, -0.1) is 11.3 Å². The Kier molecular flexibility index (Phi) is 4.76. The summed E-state index contributed by atoms with van der Waals surface area (Å²) < 4.78 is 0. The van der Waals surface area contributed by atoms with Gasteiger partial charge in [0.25, 0.3) is 0 Å². The molecule has 1 aromatic rings. The summed E-state index contributed by atoms with van der Waals surface area (Å²) in [6, 6.07) is 0.524. The van der Waals surface area contributed by atoms with E-state index >= 15 is 0 Å². The smallest absolute Gasteiger partial charge is 0.0900 e. The van der Waals surface area contributed by atoms with Crippen LogP contribution in [0.1, 0.15) is 41.4 Å². The molecule has 1 saturated heterocycles. The van der Waals surface area contributed by atoms with Crippen LogP contribution in [0.4, 0.5) is 0 Å². The summed E-state index contributed by atoms with van der Waals surface area (Å²) in [7, 11) is 2.05. The third kappa shape index (κ3) is 3.11. The van der Waals surface area contributed by atoms with Crippen molar-refractivity contribution in [2.45, 2.75) is 39.7 Å². The highest BCUT2D eigenvalue weighted by molar-refractivity contribution is 7.11. The molecule has 2 rings (SSSR count). The number of hydrogen-bond donors (Lipinski definition) is 1. The van der Waals surface area contributed by atoms with Gasteiger partial charge in [0, 0.05) is 17.5 Å². The van der Waals surface area contributed by atoms with E-state index in [0.717, 1.165) is 12.5 Å². The highest BCUT2D eigenvalue weighted by Crippen LogP contribution is 2.31. The van der Waals surface area contributed by atoms with E-state index in [1.165, 1.54) is 41.5 Å². The van der Waals surface area contributed by atoms with Crippen LogP contribution in [0.25, 0.3) is 0 Å². The Hall–Kier alpha value is -0.450. The highest BCUT2D eigenvalue weighted by atomic mass is 32.1. The van der Waals surface area contributed by atoms with Crippen molar-refractivity contribution < 1.29 is 0 Å². The minimum absolute atomic E-state index is 0.524. The van der Waals surface area contributed by atoms with E-state index in [2.05, 4.69) is 43.0 Å². The van der Waals surface area contributed by atoms with Gasteiger partial charge in [-0.05, 0) is 59.7 Å². The maximum absolute atomic E-state index is 4.56. The predicted octanol–water partition coefficient (Wildman–Crippen LogP) is 2.75. The maximum Gasteiger partial charge on any atom is 0.0900 e. The Morgan fingerprint density at radius 1 is 1.50 bits per heavy atom. The number of thiazole rings is 1. The summed E-state index contributed by atoms with van der Waals surface area (Å²) in [6.45, 7) is 10.2. The number of aryl methyl sites for hydroxylation is 2. The van der Waals surface area contributed by atoms with Gasteiger partial charge in [-0.2, -0.15) is 0 Å². The van der Waals surface area contributed by atoms with E-state index < -0.39 is 0 Å². The Labute approximate surface area is 115 Å². The van der Waals surface area contributed by atoms with Crippen LogP contribution in [0.2, 0.25) is 0 Å². The number of nitrogens with zero attached hydrogens (tertiary/aromatic N) is 2. The normalized spacial score (nSPS) is 23.2. The lowest BCUT2D eigenvalue weighted by Crippen LogP contribution is -2.40. The van der Waals surface area contributed by atoms with Crippen LogP contribution in [0.5, 0.6) is 0 Å². The fraction of sp³-hybridized carbons (Fsp3) is 0.786. The van der Waals surface area contributed by atoms with Crippen LogP contribution < -0.4 is 5.32 Å². The van der Waals surface area contributed by atoms with Crippen molar-refractivity contribution >= 4 is 11.3 Å². The van der Waals surface area contributed by atoms with Crippen LogP contribution in [-0.4, -0.2) is 36.6 Å². The average molecular weight is 267 g/mol. The molecule has 0 radical (unpaired) electrons. The summed E-state index contributed by atoms with van der Waals surface area (Å²) in [6.07, 6.45) is 2.69. The summed E-state index contributed by atoms with van der Waals surface area (Å²) in [4.78, 5) is 8.65. The molecule has 1 aromatic heterocycles. The lowest BCUT2D eigenvalue weighted by Gasteiger charge is -2.36. The maximum atomic E-state index is 4.56. The number of likely N-dealkylation sites (tertiary alicyclic amines) is 1. The van der Waals surface area contributed by atoms with Crippen LogP contribution >= 0.6 is 11.3 Å². The molecular weight excluding hydrogens is 242 g/mol. The van der Waals surface area contributed by atoms with Crippen LogP contribution in [-0.2, 0) is 0 Å². The molecule has 0 aromatic carbocycles. The van der Waals surface area contributed by atoms with Gasteiger partial charge in [-0.25, -0.2) is 4.98 Å². The number of hydrogen-bond acceptors (Lipinski definition) is 4. The van der Waals surface area contributed by atoms with Crippen LogP contribution in [0, 0.1) is 19.8 Å². The molecule has 18 heavy (non-hydrogen) atoms. The van der Waals surface area contributed by atoms with Crippen molar-refractivity contribution in [3.63, 3.8) is 0 Å². The lowest BCUT2D eigenvalue weighted by molar-refractivity contribution is 0.133. The van der Waals surface area contributed by atoms with Gasteiger partial charge in [-0.1, -0.05) is 0 Å². The summed E-state index contributed by atoms with van der Waals surface area (Å²) in [5, 5.41) is 4.51. The van der Waals surface area contributed by atoms with E-state index in [4.69, 9.17) is 0 Å². The zero-order valence-corrected chi connectivity index (χ0v) is 12.8. The zero-order valence-electron chi connectivity index (χ0n) is 12.0. The van der Waals surface area contributed by atoms with E-state index in [1.54, 1.807) is 0 Å². The molecule has 4 heteroatoms. The molecule has 2 heterocycles. The Morgan fingerprint density at radius 2 is 2.28 bits per heavy atom. The Morgan fingerprint density at radius 3 is 2.89 bits per heavy atom. The fourth-order valence-electron chi connectivity index (χ4n) is 3.00. The average Bonchev–Trinajstić information content (AvgIpc) is 2.68. The number of rotatable bonds is 4. The van der Waals surface area contributed by atoms with Gasteiger partial charge >= 0.3 is 0 Å². The minimum atomic E-state index is 0.524. The van der Waals surface area contributed by atoms with Crippen molar-refractivity contribution in [1.29, 1.82) is 0 Å². The summed E-state index contributed by atoms with van der Waals surface area (Å²) in [5.41, 5.74) is 1.22. The van der Waals surface area contributed by atoms with Gasteiger partial charge in [0.15, 0.2) is 0 Å². The molecular formula is C14H25N3S. The van der Waals surface area contributed by atoms with Gasteiger partial charge in [0.05, 0.1) is 10.7 Å². The molecule has 3 nitrogen and oxygen atoms in total. The summed E-state index contributed by atoms with van der Waals surface area (Å²) >= 11 is 1.86. The second kappa shape index (κ2) is 6.13. The molecule has 0 saturated carbocycles. The van der Waals surface area contributed by atoms with Crippen molar-refractivity contribution in [2.24, 2.45) is 5.92 Å². The second-order valence-electron chi connectivity index (χ2n) is 5.42. The zero-order chi connectivity index (χ0) is 13.1. The van der Waals surface area contributed by atoms with Crippen molar-refractivity contribution in [3.8, 4) is 0 Å². The van der Waals surface area contributed by atoms with E-state index in [1.807, 2.05) is 11.3 Å². The highest BCUT2D eigenvalue weighted by Gasteiger charge is 2.26. The molecule has 102 valence electrons. The van der Waals surface area contributed by atoms with Crippen molar-refractivity contribution in [2.75, 3.05) is 26.7 Å². The third-order valence-electron chi connectivity index (χ3n) is 3.91. The number of aromatic nitrogens is 1. The molecule has 1 aliphatic heterocycles. The first-order valence-electron chi connectivity index (χ1n) is 6.94. The Balaban J connectivity index is 2.04. The van der Waals surface area contributed by atoms with Gasteiger partial charge in [0.2, 0.25) is 0 Å². The number of piperidine rings is 1. The molecule has 1 aliphatic rings. The number of nitrogens with one attached hydrogen (secondary N) is 1. The fourth-order valence-corrected chi connectivity index (χ4v) is 4.02. The standard InChI is InChI=1S/C14H25N3S/c1-10-14(18-12(3)16-10)11(2)17-7-5-6-13(9-17)8-15-4/h11,13,15H,5-9H2,1-4H3. The third-order valence-corrected chi connectivity index (χ3v) is 5.15. The molecule has 0 aliphatic carbocycles. The Bertz CT molecular complexity index is 386. The first-order valence-corrected chi connectivity index (χ1v) is 7.76. The van der Waals surface area contributed by atoms with E-state index in [-0.39, 0.29) is 0 Å². The van der Waals surface area contributed by atoms with Gasteiger partial charge in [0.1, 0.15) is 0 Å². The largest absolute Gasteiger partial charge is 0.319 e. The van der Waals surface area contributed by atoms with Crippen LogP contribution in [0.15, 0.2) is 0 Å². The molecule has 1 fully saturated rings. The molecule has 0 bridgehead atoms. The van der Waals surface area contributed by atoms with Crippen molar-refractivity contribution in [1.82, 2.24) is 15.2 Å². The first-order chi connectivity index (χ1) is 8.61. The molecule has 0 amide bonds. The molecule has 0 spiro atoms. The van der Waals surface area contributed by atoms with E-state index in [9.17, 15) is 0 Å². The topological polar surface area (TPSA) is 28.2 Å². The van der Waals surface area contributed by atoms with Crippen LogP contribution in [0.3, 0.4) is 0 Å². The van der Waals surface area contributed by atoms with Gasteiger partial charge in [-0.3, -0.25) is 4.90 Å². The SMILES string of the molecule is CNCC1CCCN(C(C)c2sc(C)nc2C)C1. The molecule has 2 atom stereocenters. The molecule has 2 unspecified atom stereocenters. The second-order valence-corrected chi connectivity index (χ2v) is 6.65. The first kappa shape index (κ1) is 14.0. The quantitative estimate of drug-likeness (QED) is 0.909. The van der Waals surface area contributed by atoms with Crippen molar-refractivity contribution in [3.05, 3.63) is 15.6 Å². The monoisotopic (exact) mass is 267 g/mol.